The molecule has 0 saturated carbocycles. The number of carbonyl (C=O) groups is 2. The first kappa shape index (κ1) is 16.6. The quantitative estimate of drug-likeness (QED) is 0.792. The zero-order valence-electron chi connectivity index (χ0n) is 12.2. The largest absolute Gasteiger partial charge is 0.550 e. The lowest BCUT2D eigenvalue weighted by molar-refractivity contribution is -0.306. The van der Waals surface area contributed by atoms with Crippen LogP contribution in [0.1, 0.15) is 24.9 Å². The molecule has 1 aromatic carbocycles. The van der Waals surface area contributed by atoms with E-state index in [1.165, 1.54) is 14.2 Å². The van der Waals surface area contributed by atoms with E-state index in [2.05, 4.69) is 5.32 Å². The topological polar surface area (TPSA) is 96.9 Å². The first-order valence-corrected chi connectivity index (χ1v) is 6.36. The number of methoxy groups -OCH3 is 2. The van der Waals surface area contributed by atoms with E-state index in [9.17, 15) is 14.7 Å². The molecule has 7 heteroatoms. The average molecular weight is 296 g/mol. The first-order chi connectivity index (χ1) is 10.0. The summed E-state index contributed by atoms with van der Waals surface area (Å²) < 4.78 is 15.0. The van der Waals surface area contributed by atoms with Crippen LogP contribution in [0.4, 0.5) is 4.79 Å². The van der Waals surface area contributed by atoms with Gasteiger partial charge < -0.3 is 29.4 Å². The zero-order valence-corrected chi connectivity index (χ0v) is 12.2. The summed E-state index contributed by atoms with van der Waals surface area (Å²) in [6.07, 6.45) is -1.08. The number of nitrogens with one attached hydrogen (secondary N) is 1. The molecule has 0 saturated heterocycles. The average Bonchev–Trinajstić information content (AvgIpc) is 2.45. The van der Waals surface area contributed by atoms with Crippen molar-refractivity contribution < 1.29 is 28.9 Å². The van der Waals surface area contributed by atoms with Gasteiger partial charge in [0.1, 0.15) is 0 Å². The van der Waals surface area contributed by atoms with Gasteiger partial charge in [0.05, 0.1) is 26.9 Å². The maximum atomic E-state index is 11.5. The molecule has 1 atom stereocenters. The highest BCUT2D eigenvalue weighted by atomic mass is 16.5. The minimum Gasteiger partial charge on any atom is -0.550 e. The number of amides is 1. The molecular weight excluding hydrogens is 278 g/mol. The minimum atomic E-state index is -1.29. The van der Waals surface area contributed by atoms with Gasteiger partial charge in [-0.1, -0.05) is 6.07 Å². The number of benzene rings is 1. The molecule has 0 fully saturated rings. The van der Waals surface area contributed by atoms with Crippen LogP contribution in [0.15, 0.2) is 18.2 Å². The Kier molecular flexibility index (Phi) is 6.32. The fraction of sp³-hybridized carbons (Fsp3) is 0.429. The van der Waals surface area contributed by atoms with E-state index in [0.29, 0.717) is 17.1 Å². The fourth-order valence-corrected chi connectivity index (χ4v) is 1.80. The number of carboxylic acids is 1. The molecule has 0 aliphatic heterocycles. The number of carbonyl (C=O) groups excluding carboxylic acids is 2. The Balaban J connectivity index is 3.01. The zero-order chi connectivity index (χ0) is 15.8. The van der Waals surface area contributed by atoms with Crippen LogP contribution in [0.3, 0.4) is 0 Å². The summed E-state index contributed by atoms with van der Waals surface area (Å²) in [5, 5.41) is 13.3. The lowest BCUT2D eigenvalue weighted by Gasteiger charge is -2.20. The molecule has 1 aromatic rings. The van der Waals surface area contributed by atoms with Crippen molar-refractivity contribution in [2.75, 3.05) is 20.8 Å². The fourth-order valence-electron chi connectivity index (χ4n) is 1.80. The Labute approximate surface area is 122 Å². The molecule has 1 N–H and O–H groups in total. The number of rotatable bonds is 7. The van der Waals surface area contributed by atoms with Gasteiger partial charge in [0.25, 0.3) is 0 Å². The van der Waals surface area contributed by atoms with Gasteiger partial charge in [0.2, 0.25) is 0 Å². The SMILES string of the molecule is CCOC(=O)N[C@@H](CC(=O)[O-])c1ccc(OC)c(OC)c1. The summed E-state index contributed by atoms with van der Waals surface area (Å²) in [6, 6.07) is 4.08. The summed E-state index contributed by atoms with van der Waals surface area (Å²) in [7, 11) is 2.96. The van der Waals surface area contributed by atoms with Gasteiger partial charge in [-0.05, 0) is 24.6 Å². The third kappa shape index (κ3) is 4.87. The van der Waals surface area contributed by atoms with Crippen molar-refractivity contribution in [3.05, 3.63) is 23.8 Å². The van der Waals surface area contributed by atoms with Crippen LogP contribution in [-0.2, 0) is 9.53 Å². The lowest BCUT2D eigenvalue weighted by atomic mass is 10.0. The van der Waals surface area contributed by atoms with Gasteiger partial charge >= 0.3 is 6.09 Å². The van der Waals surface area contributed by atoms with E-state index in [-0.39, 0.29) is 13.0 Å². The third-order valence-electron chi connectivity index (χ3n) is 2.75. The Bertz CT molecular complexity index is 502. The summed E-state index contributed by atoms with van der Waals surface area (Å²) >= 11 is 0. The Hall–Kier alpha value is -2.44. The Morgan fingerprint density at radius 3 is 2.43 bits per heavy atom. The molecule has 116 valence electrons. The summed E-state index contributed by atoms with van der Waals surface area (Å²) in [5.74, 6) is -0.347. The van der Waals surface area contributed by atoms with E-state index >= 15 is 0 Å². The predicted molar refractivity (Wildman–Crippen MR) is 72.1 cm³/mol. The normalized spacial score (nSPS) is 11.4. The predicted octanol–water partition coefficient (Wildman–Crippen LogP) is 0.631. The molecule has 0 heterocycles. The summed E-state index contributed by atoms with van der Waals surface area (Å²) in [5.41, 5.74) is 0.546. The smallest absolute Gasteiger partial charge is 0.407 e. The van der Waals surface area contributed by atoms with Gasteiger partial charge in [-0.2, -0.15) is 0 Å². The van der Waals surface area contributed by atoms with Crippen LogP contribution in [0.2, 0.25) is 0 Å². The molecule has 0 aliphatic rings. The van der Waals surface area contributed by atoms with Crippen LogP contribution in [0.5, 0.6) is 11.5 Å². The van der Waals surface area contributed by atoms with Gasteiger partial charge in [0.15, 0.2) is 11.5 Å². The second kappa shape index (κ2) is 7.98. The van der Waals surface area contributed by atoms with Crippen LogP contribution in [-0.4, -0.2) is 32.9 Å². The Morgan fingerprint density at radius 2 is 1.90 bits per heavy atom. The van der Waals surface area contributed by atoms with Crippen LogP contribution in [0.25, 0.3) is 0 Å². The van der Waals surface area contributed by atoms with Gasteiger partial charge in [0, 0.05) is 12.4 Å². The molecule has 0 aromatic heterocycles. The van der Waals surface area contributed by atoms with Crippen molar-refractivity contribution in [2.24, 2.45) is 0 Å². The summed E-state index contributed by atoms with van der Waals surface area (Å²) in [6.45, 7) is 1.85. The molecule has 0 spiro atoms. The number of aliphatic carboxylic acids is 1. The second-order valence-corrected chi connectivity index (χ2v) is 4.11. The van der Waals surface area contributed by atoms with Gasteiger partial charge in [-0.15, -0.1) is 0 Å². The maximum Gasteiger partial charge on any atom is 0.407 e. The molecule has 1 rings (SSSR count). The molecule has 1 amide bonds. The van der Waals surface area contributed by atoms with Crippen molar-refractivity contribution in [3.8, 4) is 11.5 Å². The highest BCUT2D eigenvalue weighted by Crippen LogP contribution is 2.30. The highest BCUT2D eigenvalue weighted by molar-refractivity contribution is 5.71. The molecule has 0 unspecified atom stereocenters. The molecule has 21 heavy (non-hydrogen) atoms. The van der Waals surface area contributed by atoms with Crippen LogP contribution < -0.4 is 19.9 Å². The first-order valence-electron chi connectivity index (χ1n) is 6.36. The maximum absolute atomic E-state index is 11.5. The molecule has 0 radical (unpaired) electrons. The molecule has 0 bridgehead atoms. The number of ether oxygens (including phenoxy) is 3. The molecule has 7 nitrogen and oxygen atoms in total. The number of hydrogen-bond donors (Lipinski definition) is 1. The van der Waals surface area contributed by atoms with E-state index < -0.39 is 18.1 Å². The van der Waals surface area contributed by atoms with E-state index in [1.54, 1.807) is 25.1 Å². The Morgan fingerprint density at radius 1 is 1.24 bits per heavy atom. The molecular formula is C14H18NO6-. The van der Waals surface area contributed by atoms with E-state index in [1.807, 2.05) is 0 Å². The minimum absolute atomic E-state index is 0.190. The highest BCUT2D eigenvalue weighted by Gasteiger charge is 2.17. The van der Waals surface area contributed by atoms with Gasteiger partial charge in [-0.25, -0.2) is 4.79 Å². The van der Waals surface area contributed by atoms with Crippen molar-refractivity contribution in [1.29, 1.82) is 0 Å². The third-order valence-corrected chi connectivity index (χ3v) is 2.75. The number of hydrogen-bond acceptors (Lipinski definition) is 6. The van der Waals surface area contributed by atoms with Gasteiger partial charge in [-0.3, -0.25) is 0 Å². The van der Waals surface area contributed by atoms with Crippen molar-refractivity contribution in [1.82, 2.24) is 5.32 Å². The lowest BCUT2D eigenvalue weighted by Crippen LogP contribution is -2.34. The number of alkyl carbamates (subject to hydrolysis) is 1. The monoisotopic (exact) mass is 296 g/mol. The van der Waals surface area contributed by atoms with Crippen molar-refractivity contribution >= 4 is 12.1 Å². The summed E-state index contributed by atoms with van der Waals surface area (Å²) in [4.78, 5) is 22.3. The number of carboxylic acid groups (broad SMARTS) is 1. The molecule has 0 aliphatic carbocycles. The van der Waals surface area contributed by atoms with Crippen molar-refractivity contribution in [3.63, 3.8) is 0 Å². The van der Waals surface area contributed by atoms with Crippen LogP contribution >= 0.6 is 0 Å². The standard InChI is InChI=1S/C14H19NO6/c1-4-21-14(18)15-10(8-13(16)17)9-5-6-11(19-2)12(7-9)20-3/h5-7,10H,4,8H2,1-3H3,(H,15,18)(H,16,17)/p-1/t10-/m0/s1. The second-order valence-electron chi connectivity index (χ2n) is 4.11. The van der Waals surface area contributed by atoms with E-state index in [4.69, 9.17) is 14.2 Å². The van der Waals surface area contributed by atoms with E-state index in [0.717, 1.165) is 0 Å². The van der Waals surface area contributed by atoms with Crippen molar-refractivity contribution in [2.45, 2.75) is 19.4 Å². The van der Waals surface area contributed by atoms with Crippen LogP contribution in [0, 0.1) is 0 Å².